The first-order valence-corrected chi connectivity index (χ1v) is 7.00. The standard InChI is InChI=1S/C15H19ClO3/c1-19-14(18)15(9-3-2-4-10-15)13(17)11-5-7-12(16)8-6-11/h5-8,13,17H,2-4,9-10H2,1H3/t13-/m1/s1. The van der Waals surface area contributed by atoms with Crippen LogP contribution in [0.3, 0.4) is 0 Å². The van der Waals surface area contributed by atoms with Crippen molar-refractivity contribution in [3.8, 4) is 0 Å². The van der Waals surface area contributed by atoms with Crippen LogP contribution >= 0.6 is 11.6 Å². The summed E-state index contributed by atoms with van der Waals surface area (Å²) in [7, 11) is 1.38. The molecule has 0 aromatic heterocycles. The number of ether oxygens (including phenoxy) is 1. The summed E-state index contributed by atoms with van der Waals surface area (Å²) < 4.78 is 4.93. The highest BCUT2D eigenvalue weighted by atomic mass is 35.5. The van der Waals surface area contributed by atoms with Crippen LogP contribution < -0.4 is 0 Å². The second kappa shape index (κ2) is 5.93. The van der Waals surface area contributed by atoms with Gasteiger partial charge in [-0.25, -0.2) is 0 Å². The van der Waals surface area contributed by atoms with Gasteiger partial charge in [0.25, 0.3) is 0 Å². The lowest BCUT2D eigenvalue weighted by Gasteiger charge is -2.38. The fourth-order valence-electron chi connectivity index (χ4n) is 2.94. The molecule has 1 aliphatic carbocycles. The van der Waals surface area contributed by atoms with Gasteiger partial charge in [-0.3, -0.25) is 4.79 Å². The van der Waals surface area contributed by atoms with Gasteiger partial charge >= 0.3 is 5.97 Å². The van der Waals surface area contributed by atoms with Crippen LogP contribution in [-0.4, -0.2) is 18.2 Å². The van der Waals surface area contributed by atoms with Crippen molar-refractivity contribution >= 4 is 17.6 Å². The topological polar surface area (TPSA) is 46.5 Å². The van der Waals surface area contributed by atoms with Crippen LogP contribution in [0, 0.1) is 5.41 Å². The maximum atomic E-state index is 12.2. The SMILES string of the molecule is COC(=O)C1([C@H](O)c2ccc(Cl)cc2)CCCCC1. The van der Waals surface area contributed by atoms with Gasteiger partial charge in [0.05, 0.1) is 18.6 Å². The number of rotatable bonds is 3. The number of carbonyl (C=O) groups is 1. The highest BCUT2D eigenvalue weighted by Crippen LogP contribution is 2.47. The maximum absolute atomic E-state index is 12.2. The van der Waals surface area contributed by atoms with E-state index in [0.29, 0.717) is 17.9 Å². The third-order valence-corrected chi connectivity index (χ3v) is 4.30. The molecule has 104 valence electrons. The van der Waals surface area contributed by atoms with Gasteiger partial charge in [0.15, 0.2) is 0 Å². The first-order chi connectivity index (χ1) is 9.10. The largest absolute Gasteiger partial charge is 0.469 e. The molecule has 1 fully saturated rings. The van der Waals surface area contributed by atoms with E-state index in [1.54, 1.807) is 24.3 Å². The van der Waals surface area contributed by atoms with Crippen molar-refractivity contribution in [2.75, 3.05) is 7.11 Å². The van der Waals surface area contributed by atoms with E-state index in [1.807, 2.05) is 0 Å². The van der Waals surface area contributed by atoms with Gasteiger partial charge in [-0.15, -0.1) is 0 Å². The molecule has 0 saturated heterocycles. The van der Waals surface area contributed by atoms with Crippen LogP contribution in [0.4, 0.5) is 0 Å². The molecule has 4 heteroatoms. The predicted molar refractivity (Wildman–Crippen MR) is 73.9 cm³/mol. The molecule has 0 aliphatic heterocycles. The number of esters is 1. The summed E-state index contributed by atoms with van der Waals surface area (Å²) in [5.41, 5.74) is -0.0856. The average Bonchev–Trinajstić information content (AvgIpc) is 2.47. The van der Waals surface area contributed by atoms with Crippen LogP contribution in [0.1, 0.15) is 43.8 Å². The number of aliphatic hydroxyl groups is 1. The summed E-state index contributed by atoms with van der Waals surface area (Å²) in [6, 6.07) is 7.00. The Morgan fingerprint density at radius 1 is 1.26 bits per heavy atom. The van der Waals surface area contributed by atoms with Crippen molar-refractivity contribution in [3.05, 3.63) is 34.9 Å². The minimum atomic E-state index is -0.836. The molecule has 1 aliphatic rings. The molecule has 0 amide bonds. The molecular formula is C15H19ClO3. The molecule has 1 N–H and O–H groups in total. The van der Waals surface area contributed by atoms with Gasteiger partial charge in [-0.1, -0.05) is 43.0 Å². The normalized spacial score (nSPS) is 19.7. The van der Waals surface area contributed by atoms with Crippen molar-refractivity contribution in [2.24, 2.45) is 5.41 Å². The Balaban J connectivity index is 2.32. The van der Waals surface area contributed by atoms with Crippen molar-refractivity contribution in [2.45, 2.75) is 38.2 Å². The number of hydrogen-bond donors (Lipinski definition) is 1. The molecular weight excluding hydrogens is 264 g/mol. The van der Waals surface area contributed by atoms with E-state index in [4.69, 9.17) is 16.3 Å². The van der Waals surface area contributed by atoms with E-state index in [9.17, 15) is 9.90 Å². The van der Waals surface area contributed by atoms with Crippen molar-refractivity contribution in [1.29, 1.82) is 0 Å². The van der Waals surface area contributed by atoms with Gasteiger partial charge in [0, 0.05) is 5.02 Å². The fraction of sp³-hybridized carbons (Fsp3) is 0.533. The van der Waals surface area contributed by atoms with Gasteiger partial charge in [-0.05, 0) is 30.5 Å². The number of carbonyl (C=O) groups excluding carboxylic acids is 1. The van der Waals surface area contributed by atoms with Crippen molar-refractivity contribution in [3.63, 3.8) is 0 Å². The Kier molecular flexibility index (Phi) is 4.48. The van der Waals surface area contributed by atoms with Crippen LogP contribution in [0.5, 0.6) is 0 Å². The van der Waals surface area contributed by atoms with E-state index < -0.39 is 11.5 Å². The number of methoxy groups -OCH3 is 1. The van der Waals surface area contributed by atoms with Crippen LogP contribution in [-0.2, 0) is 9.53 Å². The first-order valence-electron chi connectivity index (χ1n) is 6.62. The molecule has 0 spiro atoms. The second-order valence-corrected chi connectivity index (χ2v) is 5.60. The Labute approximate surface area is 118 Å². The summed E-state index contributed by atoms with van der Waals surface area (Å²) in [6.45, 7) is 0. The second-order valence-electron chi connectivity index (χ2n) is 5.16. The molecule has 1 atom stereocenters. The van der Waals surface area contributed by atoms with Crippen molar-refractivity contribution in [1.82, 2.24) is 0 Å². The van der Waals surface area contributed by atoms with E-state index in [1.165, 1.54) is 7.11 Å². The first kappa shape index (κ1) is 14.4. The van der Waals surface area contributed by atoms with E-state index >= 15 is 0 Å². The predicted octanol–water partition coefficient (Wildman–Crippen LogP) is 3.50. The minimum absolute atomic E-state index is 0.311. The third-order valence-electron chi connectivity index (χ3n) is 4.05. The van der Waals surface area contributed by atoms with Crippen LogP contribution in [0.15, 0.2) is 24.3 Å². The fourth-order valence-corrected chi connectivity index (χ4v) is 3.07. The monoisotopic (exact) mass is 282 g/mol. The molecule has 19 heavy (non-hydrogen) atoms. The quantitative estimate of drug-likeness (QED) is 0.863. The summed E-state index contributed by atoms with van der Waals surface area (Å²) in [5.74, 6) is -0.311. The smallest absolute Gasteiger partial charge is 0.314 e. The lowest BCUT2D eigenvalue weighted by atomic mass is 9.68. The van der Waals surface area contributed by atoms with Gasteiger partial charge in [0.1, 0.15) is 0 Å². The van der Waals surface area contributed by atoms with Crippen LogP contribution in [0.25, 0.3) is 0 Å². The lowest BCUT2D eigenvalue weighted by molar-refractivity contribution is -0.164. The van der Waals surface area contributed by atoms with Gasteiger partial charge in [0.2, 0.25) is 0 Å². The number of halogens is 1. The zero-order valence-corrected chi connectivity index (χ0v) is 11.8. The molecule has 0 bridgehead atoms. The Hall–Kier alpha value is -1.06. The van der Waals surface area contributed by atoms with Crippen LogP contribution in [0.2, 0.25) is 5.02 Å². The molecule has 0 radical (unpaired) electrons. The maximum Gasteiger partial charge on any atom is 0.314 e. The zero-order chi connectivity index (χ0) is 13.9. The van der Waals surface area contributed by atoms with E-state index in [-0.39, 0.29) is 5.97 Å². The highest BCUT2D eigenvalue weighted by Gasteiger charge is 2.47. The van der Waals surface area contributed by atoms with E-state index in [0.717, 1.165) is 24.8 Å². The Morgan fingerprint density at radius 2 is 1.84 bits per heavy atom. The molecule has 0 heterocycles. The molecule has 2 rings (SSSR count). The number of hydrogen-bond acceptors (Lipinski definition) is 3. The third kappa shape index (κ3) is 2.77. The van der Waals surface area contributed by atoms with Gasteiger partial charge in [-0.2, -0.15) is 0 Å². The Bertz CT molecular complexity index is 435. The lowest BCUT2D eigenvalue weighted by Crippen LogP contribution is -2.40. The summed E-state index contributed by atoms with van der Waals surface area (Å²) in [4.78, 5) is 12.2. The van der Waals surface area contributed by atoms with E-state index in [2.05, 4.69) is 0 Å². The zero-order valence-electron chi connectivity index (χ0n) is 11.1. The highest BCUT2D eigenvalue weighted by molar-refractivity contribution is 6.30. The molecule has 1 saturated carbocycles. The number of aliphatic hydroxyl groups excluding tert-OH is 1. The minimum Gasteiger partial charge on any atom is -0.469 e. The summed E-state index contributed by atoms with van der Waals surface area (Å²) in [5, 5.41) is 11.3. The number of benzene rings is 1. The average molecular weight is 283 g/mol. The van der Waals surface area contributed by atoms with Crippen molar-refractivity contribution < 1.29 is 14.6 Å². The summed E-state index contributed by atoms with van der Waals surface area (Å²) in [6.07, 6.45) is 3.50. The molecule has 0 unspecified atom stereocenters. The summed E-state index contributed by atoms with van der Waals surface area (Å²) >= 11 is 5.85. The Morgan fingerprint density at radius 3 is 2.37 bits per heavy atom. The molecule has 1 aromatic carbocycles. The van der Waals surface area contributed by atoms with Gasteiger partial charge < -0.3 is 9.84 Å². The molecule has 1 aromatic rings. The molecule has 3 nitrogen and oxygen atoms in total.